The molecular weight excluding hydrogens is 258 g/mol. The van der Waals surface area contributed by atoms with Crippen LogP contribution in [0.5, 0.6) is 0 Å². The predicted molar refractivity (Wildman–Crippen MR) is 86.0 cm³/mol. The highest BCUT2D eigenvalue weighted by Gasteiger charge is 2.61. The molecule has 2 aliphatic carbocycles. The molecule has 0 radical (unpaired) electrons. The molecule has 0 amide bonds. The number of nitrogens with zero attached hydrogens (tertiary/aromatic N) is 1. The molecule has 2 heteroatoms. The third-order valence-electron chi connectivity index (χ3n) is 5.99. The maximum absolute atomic E-state index is 11.6. The Labute approximate surface area is 126 Å². The number of para-hydroxylation sites is 1. The Kier molecular flexibility index (Phi) is 3.35. The molecule has 2 aliphatic rings. The van der Waals surface area contributed by atoms with Gasteiger partial charge in [-0.2, -0.15) is 0 Å². The van der Waals surface area contributed by atoms with Gasteiger partial charge in [0.1, 0.15) is 5.78 Å². The second-order valence-electron chi connectivity index (χ2n) is 7.11. The first-order valence-corrected chi connectivity index (χ1v) is 7.78. The van der Waals surface area contributed by atoms with Gasteiger partial charge in [0.25, 0.3) is 0 Å². The number of hydrogen-bond donors (Lipinski definition) is 0. The van der Waals surface area contributed by atoms with Gasteiger partial charge in [0.15, 0.2) is 0 Å². The fraction of sp³-hybridized carbons (Fsp3) is 0.474. The molecule has 1 aromatic carbocycles. The number of carbonyl (C=O) groups excluding carboxylic acids is 1. The Balaban J connectivity index is 0.000000126. The third-order valence-corrected chi connectivity index (χ3v) is 5.99. The van der Waals surface area contributed by atoms with Crippen LogP contribution in [0.25, 0.3) is 10.9 Å². The van der Waals surface area contributed by atoms with Gasteiger partial charge in [0.05, 0.1) is 5.52 Å². The SMILES string of the molecule is CC12CCC(CC1=O)C2(C)C.c1ccc2ncccc2c1. The molecule has 0 aliphatic heterocycles. The van der Waals surface area contributed by atoms with Crippen LogP contribution in [0.15, 0.2) is 42.6 Å². The number of ketones is 1. The highest BCUT2D eigenvalue weighted by Crippen LogP contribution is 2.63. The topological polar surface area (TPSA) is 30.0 Å². The lowest BCUT2D eigenvalue weighted by atomic mass is 9.70. The Hall–Kier alpha value is -1.70. The predicted octanol–water partition coefficient (Wildman–Crippen LogP) is 4.64. The van der Waals surface area contributed by atoms with E-state index in [0.29, 0.717) is 11.7 Å². The maximum atomic E-state index is 11.6. The van der Waals surface area contributed by atoms with Crippen molar-refractivity contribution in [3.05, 3.63) is 42.6 Å². The zero-order valence-electron chi connectivity index (χ0n) is 13.1. The number of fused-ring (bicyclic) bond motifs is 3. The molecule has 2 aromatic rings. The van der Waals surface area contributed by atoms with Gasteiger partial charge in [0.2, 0.25) is 0 Å². The van der Waals surface area contributed by atoms with Crippen LogP contribution in [0.2, 0.25) is 0 Å². The van der Waals surface area contributed by atoms with Gasteiger partial charge in [-0.3, -0.25) is 9.78 Å². The van der Waals surface area contributed by atoms with Crippen molar-refractivity contribution in [2.24, 2.45) is 16.7 Å². The molecule has 2 nitrogen and oxygen atoms in total. The largest absolute Gasteiger partial charge is 0.299 e. The maximum Gasteiger partial charge on any atom is 0.139 e. The van der Waals surface area contributed by atoms with Crippen LogP contribution in [0, 0.1) is 16.7 Å². The molecule has 110 valence electrons. The van der Waals surface area contributed by atoms with E-state index in [-0.39, 0.29) is 10.8 Å². The summed E-state index contributed by atoms with van der Waals surface area (Å²) in [6.07, 6.45) is 5.06. The quantitative estimate of drug-likeness (QED) is 0.704. The van der Waals surface area contributed by atoms with Gasteiger partial charge in [0, 0.05) is 23.4 Å². The number of rotatable bonds is 0. The second kappa shape index (κ2) is 4.94. The molecule has 1 aromatic heterocycles. The zero-order valence-corrected chi connectivity index (χ0v) is 13.1. The molecule has 21 heavy (non-hydrogen) atoms. The van der Waals surface area contributed by atoms with E-state index in [4.69, 9.17) is 0 Å². The first kappa shape index (κ1) is 14.2. The average molecular weight is 281 g/mol. The van der Waals surface area contributed by atoms with E-state index in [9.17, 15) is 4.79 Å². The van der Waals surface area contributed by atoms with E-state index in [0.717, 1.165) is 18.4 Å². The van der Waals surface area contributed by atoms with Crippen LogP contribution in [-0.4, -0.2) is 10.8 Å². The lowest BCUT2D eigenvalue weighted by molar-refractivity contribution is -0.128. The smallest absolute Gasteiger partial charge is 0.139 e. The molecule has 2 saturated carbocycles. The van der Waals surface area contributed by atoms with E-state index >= 15 is 0 Å². The second-order valence-corrected chi connectivity index (χ2v) is 7.11. The highest BCUT2D eigenvalue weighted by molar-refractivity contribution is 5.89. The van der Waals surface area contributed by atoms with Crippen molar-refractivity contribution >= 4 is 16.7 Å². The Bertz CT molecular complexity index is 611. The Morgan fingerprint density at radius 2 is 1.81 bits per heavy atom. The van der Waals surface area contributed by atoms with E-state index in [1.165, 1.54) is 11.8 Å². The zero-order chi connectivity index (χ0) is 15.1. The summed E-state index contributed by atoms with van der Waals surface area (Å²) in [4.78, 5) is 15.8. The van der Waals surface area contributed by atoms with Gasteiger partial charge in [-0.25, -0.2) is 0 Å². The number of benzene rings is 1. The van der Waals surface area contributed by atoms with Gasteiger partial charge in [-0.1, -0.05) is 45.0 Å². The minimum absolute atomic E-state index is 0.0255. The van der Waals surface area contributed by atoms with Crippen LogP contribution in [0.3, 0.4) is 0 Å². The lowest BCUT2D eigenvalue weighted by Gasteiger charge is -2.32. The summed E-state index contributed by atoms with van der Waals surface area (Å²) in [6.45, 7) is 6.67. The van der Waals surface area contributed by atoms with Crippen molar-refractivity contribution < 1.29 is 4.79 Å². The number of aromatic nitrogens is 1. The highest BCUT2D eigenvalue weighted by atomic mass is 16.1. The molecule has 2 bridgehead atoms. The Morgan fingerprint density at radius 3 is 2.33 bits per heavy atom. The molecule has 0 saturated heterocycles. The van der Waals surface area contributed by atoms with Crippen LogP contribution < -0.4 is 0 Å². The molecule has 0 spiro atoms. The van der Waals surface area contributed by atoms with Crippen LogP contribution in [0.4, 0.5) is 0 Å². The summed E-state index contributed by atoms with van der Waals surface area (Å²) in [5.74, 6) is 1.19. The molecule has 2 atom stereocenters. The fourth-order valence-corrected chi connectivity index (χ4v) is 3.92. The number of Topliss-reactive ketones (excluding diaryl/α,β-unsaturated/α-hetero) is 1. The lowest BCUT2D eigenvalue weighted by Crippen LogP contribution is -2.32. The molecule has 4 rings (SSSR count). The summed E-state index contributed by atoms with van der Waals surface area (Å²) < 4.78 is 0. The van der Waals surface area contributed by atoms with Crippen molar-refractivity contribution in [1.29, 1.82) is 0 Å². The van der Waals surface area contributed by atoms with Gasteiger partial charge in [-0.15, -0.1) is 0 Å². The number of pyridine rings is 1. The number of carbonyl (C=O) groups is 1. The summed E-state index contributed by atoms with van der Waals surface area (Å²) in [5, 5.41) is 1.20. The van der Waals surface area contributed by atoms with E-state index in [1.807, 2.05) is 30.5 Å². The third kappa shape index (κ3) is 2.17. The minimum atomic E-state index is 0.0255. The van der Waals surface area contributed by atoms with E-state index in [2.05, 4.69) is 37.9 Å². The van der Waals surface area contributed by atoms with E-state index in [1.54, 1.807) is 0 Å². The fourth-order valence-electron chi connectivity index (χ4n) is 3.92. The normalized spacial score (nSPS) is 29.3. The summed E-state index contributed by atoms with van der Waals surface area (Å²) >= 11 is 0. The molecule has 0 N–H and O–H groups in total. The van der Waals surface area contributed by atoms with Gasteiger partial charge < -0.3 is 0 Å². The van der Waals surface area contributed by atoms with Crippen molar-refractivity contribution in [1.82, 2.24) is 4.98 Å². The van der Waals surface area contributed by atoms with Crippen LogP contribution in [-0.2, 0) is 4.79 Å². The first-order chi connectivity index (χ1) is 9.95. The summed E-state index contributed by atoms with van der Waals surface area (Å²) in [5.41, 5.74) is 1.37. The van der Waals surface area contributed by atoms with Crippen LogP contribution >= 0.6 is 0 Å². The molecule has 2 unspecified atom stereocenters. The van der Waals surface area contributed by atoms with Crippen molar-refractivity contribution in [3.63, 3.8) is 0 Å². The average Bonchev–Trinajstić information content (AvgIpc) is 2.81. The summed E-state index contributed by atoms with van der Waals surface area (Å²) in [7, 11) is 0. The standard InChI is InChI=1S/C10H16O.C9H7N/c1-9(2)7-4-5-10(9,3)8(11)6-7;1-2-6-9-8(4-1)5-3-7-10-9/h7H,4-6H2,1-3H3;1-7H. The monoisotopic (exact) mass is 281 g/mol. The summed E-state index contributed by atoms with van der Waals surface area (Å²) in [6, 6.07) is 12.1. The Morgan fingerprint density at radius 1 is 1.10 bits per heavy atom. The number of hydrogen-bond acceptors (Lipinski definition) is 2. The van der Waals surface area contributed by atoms with Gasteiger partial charge >= 0.3 is 0 Å². The molecule has 1 heterocycles. The van der Waals surface area contributed by atoms with Crippen molar-refractivity contribution in [2.75, 3.05) is 0 Å². The minimum Gasteiger partial charge on any atom is -0.299 e. The molecular formula is C19H23NO. The first-order valence-electron chi connectivity index (χ1n) is 7.78. The van der Waals surface area contributed by atoms with Crippen molar-refractivity contribution in [3.8, 4) is 0 Å². The van der Waals surface area contributed by atoms with E-state index < -0.39 is 0 Å². The van der Waals surface area contributed by atoms with Crippen molar-refractivity contribution in [2.45, 2.75) is 40.0 Å². The van der Waals surface area contributed by atoms with Crippen LogP contribution in [0.1, 0.15) is 40.0 Å². The van der Waals surface area contributed by atoms with Gasteiger partial charge in [-0.05, 0) is 36.3 Å². The molecule has 2 fully saturated rings.